The number of fused-ring (bicyclic) bond motifs is 1. The maximum atomic E-state index is 13.2. The molecule has 0 unspecified atom stereocenters. The number of ether oxygens (including phenoxy) is 1. The Balaban J connectivity index is 1.48. The highest BCUT2D eigenvalue weighted by molar-refractivity contribution is 6.39. The SMILES string of the molecule is COc1nc(-c2cccc(-c3cccc(NC(=O)c4nc5c(n4C)CCN(C)C5)c3Cl)c2Cl)ncc1C=O. The topological polar surface area (TPSA) is 102 Å². The Bertz CT molecular complexity index is 1570. The third-order valence-electron chi connectivity index (χ3n) is 6.53. The van der Waals surface area contributed by atoms with Crippen LogP contribution in [-0.4, -0.2) is 57.3 Å². The van der Waals surface area contributed by atoms with Crippen molar-refractivity contribution >= 4 is 41.1 Å². The van der Waals surface area contributed by atoms with Gasteiger partial charge in [0.2, 0.25) is 5.88 Å². The number of aldehydes is 1. The summed E-state index contributed by atoms with van der Waals surface area (Å²) in [5, 5.41) is 3.59. The minimum absolute atomic E-state index is 0.150. The fraction of sp³-hybridized carbons (Fsp3) is 0.222. The molecule has 1 N–H and O–H groups in total. The Kier molecular flexibility index (Phi) is 7.16. The van der Waals surface area contributed by atoms with E-state index in [-0.39, 0.29) is 17.4 Å². The zero-order valence-electron chi connectivity index (χ0n) is 21.0. The quantitative estimate of drug-likeness (QED) is 0.340. The largest absolute Gasteiger partial charge is 0.480 e. The van der Waals surface area contributed by atoms with Crippen LogP contribution in [0.2, 0.25) is 10.0 Å². The first-order valence-corrected chi connectivity index (χ1v) is 12.6. The first kappa shape index (κ1) is 25.8. The number of hydrogen-bond acceptors (Lipinski definition) is 7. The molecule has 0 spiro atoms. The van der Waals surface area contributed by atoms with E-state index in [9.17, 15) is 9.59 Å². The molecule has 194 valence electrons. The van der Waals surface area contributed by atoms with E-state index in [2.05, 4.69) is 25.2 Å². The normalized spacial score (nSPS) is 13.2. The number of halogens is 2. The standard InChI is InChI=1S/C27H24Cl2N6O3/c1-34-11-10-21-20(13-34)31-25(35(21)2)26(37)32-19-9-5-7-17(23(19)29)16-6-4-8-18(22(16)28)24-30-12-15(14-36)27(33-24)38-3/h4-9,12,14H,10-11,13H2,1-3H3,(H,32,37). The minimum atomic E-state index is -0.348. The van der Waals surface area contributed by atoms with E-state index in [0.717, 1.165) is 24.4 Å². The van der Waals surface area contributed by atoms with Gasteiger partial charge in [0.1, 0.15) is 0 Å². The predicted octanol–water partition coefficient (Wildman–Crippen LogP) is 4.91. The van der Waals surface area contributed by atoms with Crippen molar-refractivity contribution in [3.8, 4) is 28.4 Å². The van der Waals surface area contributed by atoms with E-state index in [0.29, 0.717) is 56.9 Å². The summed E-state index contributed by atoms with van der Waals surface area (Å²) in [5.41, 5.74) is 4.43. The molecule has 1 aliphatic rings. The lowest BCUT2D eigenvalue weighted by atomic mass is 10.0. The van der Waals surface area contributed by atoms with Gasteiger partial charge in [-0.05, 0) is 19.2 Å². The summed E-state index contributed by atoms with van der Waals surface area (Å²) in [7, 11) is 5.31. The van der Waals surface area contributed by atoms with Crippen LogP contribution in [-0.2, 0) is 20.0 Å². The number of aromatic nitrogens is 4. The molecule has 0 saturated heterocycles. The summed E-state index contributed by atoms with van der Waals surface area (Å²) in [6.45, 7) is 1.62. The second kappa shape index (κ2) is 10.5. The molecule has 2 aromatic heterocycles. The van der Waals surface area contributed by atoms with Gasteiger partial charge in [0, 0.05) is 55.1 Å². The van der Waals surface area contributed by atoms with Gasteiger partial charge in [-0.15, -0.1) is 0 Å². The Morgan fingerprint density at radius 1 is 1.05 bits per heavy atom. The van der Waals surface area contributed by atoms with E-state index in [4.69, 9.17) is 27.9 Å². The van der Waals surface area contributed by atoms with Crippen LogP contribution in [0, 0.1) is 0 Å². The lowest BCUT2D eigenvalue weighted by molar-refractivity contribution is 0.101. The summed E-state index contributed by atoms with van der Waals surface area (Å²) in [6, 6.07) is 10.7. The first-order valence-electron chi connectivity index (χ1n) is 11.8. The molecule has 38 heavy (non-hydrogen) atoms. The van der Waals surface area contributed by atoms with Crippen LogP contribution in [0.4, 0.5) is 5.69 Å². The van der Waals surface area contributed by atoms with E-state index in [1.807, 2.05) is 30.8 Å². The Labute approximate surface area is 229 Å². The number of nitrogens with zero attached hydrogens (tertiary/aromatic N) is 5. The molecule has 9 nitrogen and oxygen atoms in total. The van der Waals surface area contributed by atoms with Crippen molar-refractivity contribution in [3.63, 3.8) is 0 Å². The van der Waals surface area contributed by atoms with Crippen molar-refractivity contribution in [2.24, 2.45) is 7.05 Å². The van der Waals surface area contributed by atoms with Crippen LogP contribution < -0.4 is 10.1 Å². The molecule has 11 heteroatoms. The number of amides is 1. The van der Waals surface area contributed by atoms with Crippen LogP contribution in [0.5, 0.6) is 5.88 Å². The summed E-state index contributed by atoms with van der Waals surface area (Å²) in [4.78, 5) is 39.8. The lowest BCUT2D eigenvalue weighted by Crippen LogP contribution is -2.27. The molecule has 0 aliphatic carbocycles. The zero-order valence-corrected chi connectivity index (χ0v) is 22.5. The van der Waals surface area contributed by atoms with Gasteiger partial charge >= 0.3 is 0 Å². The smallest absolute Gasteiger partial charge is 0.291 e. The number of carbonyl (C=O) groups excluding carboxylic acids is 2. The fourth-order valence-electron chi connectivity index (χ4n) is 4.54. The van der Waals surface area contributed by atoms with Gasteiger partial charge < -0.3 is 19.5 Å². The average Bonchev–Trinajstić information content (AvgIpc) is 3.25. The second-order valence-electron chi connectivity index (χ2n) is 8.94. The molecule has 1 amide bonds. The van der Waals surface area contributed by atoms with Crippen molar-refractivity contribution in [2.75, 3.05) is 26.0 Å². The third-order valence-corrected chi connectivity index (χ3v) is 7.34. The molecule has 2 aromatic carbocycles. The van der Waals surface area contributed by atoms with Crippen LogP contribution in [0.25, 0.3) is 22.5 Å². The number of rotatable bonds is 6. The lowest BCUT2D eigenvalue weighted by Gasteiger charge is -2.21. The molecule has 4 aromatic rings. The number of nitrogens with one attached hydrogen (secondary N) is 1. The van der Waals surface area contributed by atoms with Gasteiger partial charge in [-0.1, -0.05) is 47.5 Å². The van der Waals surface area contributed by atoms with Crippen molar-refractivity contribution in [3.05, 3.63) is 75.4 Å². The van der Waals surface area contributed by atoms with Gasteiger partial charge in [0.05, 0.1) is 34.1 Å². The molecule has 0 radical (unpaired) electrons. The number of likely N-dealkylation sites (N-methyl/N-ethyl adjacent to an activating group) is 1. The highest BCUT2D eigenvalue weighted by Crippen LogP contribution is 2.41. The van der Waals surface area contributed by atoms with Crippen molar-refractivity contribution in [1.82, 2.24) is 24.4 Å². The predicted molar refractivity (Wildman–Crippen MR) is 146 cm³/mol. The van der Waals surface area contributed by atoms with Crippen molar-refractivity contribution < 1.29 is 14.3 Å². The van der Waals surface area contributed by atoms with Gasteiger partial charge in [-0.3, -0.25) is 9.59 Å². The van der Waals surface area contributed by atoms with Crippen LogP contribution in [0.3, 0.4) is 0 Å². The zero-order chi connectivity index (χ0) is 27.0. The molecule has 0 fully saturated rings. The number of carbonyl (C=O) groups is 2. The molecular weight excluding hydrogens is 527 g/mol. The van der Waals surface area contributed by atoms with Crippen LogP contribution >= 0.6 is 23.2 Å². The summed E-state index contributed by atoms with van der Waals surface area (Å²) in [5.74, 6) is 0.428. The van der Waals surface area contributed by atoms with Gasteiger partial charge in [0.15, 0.2) is 17.9 Å². The Hall–Kier alpha value is -3.79. The van der Waals surface area contributed by atoms with Gasteiger partial charge in [-0.25, -0.2) is 9.97 Å². The molecular formula is C27H24Cl2N6O3. The summed E-state index contributed by atoms with van der Waals surface area (Å²) >= 11 is 13.6. The van der Waals surface area contributed by atoms with Crippen LogP contribution in [0.15, 0.2) is 42.6 Å². The average molecular weight is 551 g/mol. The van der Waals surface area contributed by atoms with E-state index in [1.54, 1.807) is 24.3 Å². The van der Waals surface area contributed by atoms with Crippen molar-refractivity contribution in [1.29, 1.82) is 0 Å². The van der Waals surface area contributed by atoms with E-state index in [1.165, 1.54) is 13.3 Å². The molecule has 5 rings (SSSR count). The van der Waals surface area contributed by atoms with Gasteiger partial charge in [0.25, 0.3) is 5.91 Å². The van der Waals surface area contributed by atoms with E-state index >= 15 is 0 Å². The molecule has 0 atom stereocenters. The maximum Gasteiger partial charge on any atom is 0.291 e. The van der Waals surface area contributed by atoms with Crippen molar-refractivity contribution in [2.45, 2.75) is 13.0 Å². The van der Waals surface area contributed by atoms with Gasteiger partial charge in [-0.2, -0.15) is 4.98 Å². The molecule has 1 aliphatic heterocycles. The molecule has 0 bridgehead atoms. The highest BCUT2D eigenvalue weighted by Gasteiger charge is 2.25. The fourth-order valence-corrected chi connectivity index (χ4v) is 5.13. The Morgan fingerprint density at radius 3 is 2.50 bits per heavy atom. The van der Waals surface area contributed by atoms with E-state index < -0.39 is 0 Å². The summed E-state index contributed by atoms with van der Waals surface area (Å²) < 4.78 is 7.05. The summed E-state index contributed by atoms with van der Waals surface area (Å²) in [6.07, 6.45) is 2.84. The molecule has 0 saturated carbocycles. The number of hydrogen-bond donors (Lipinski definition) is 1. The van der Waals surface area contributed by atoms with Crippen LogP contribution in [0.1, 0.15) is 32.4 Å². The minimum Gasteiger partial charge on any atom is -0.480 e. The number of benzene rings is 2. The Morgan fingerprint density at radius 2 is 1.76 bits per heavy atom. The maximum absolute atomic E-state index is 13.2. The second-order valence-corrected chi connectivity index (χ2v) is 9.70. The third kappa shape index (κ3) is 4.64. The first-order chi connectivity index (χ1) is 18.3. The number of imidazole rings is 1. The monoisotopic (exact) mass is 550 g/mol. The molecule has 3 heterocycles. The number of methoxy groups -OCH3 is 1. The number of anilines is 1. The highest BCUT2D eigenvalue weighted by atomic mass is 35.5.